The topological polar surface area (TPSA) is 275 Å². The zero-order valence-corrected chi connectivity index (χ0v) is 49.9. The van der Waals surface area contributed by atoms with Gasteiger partial charge >= 0.3 is 0 Å². The zero-order chi connectivity index (χ0) is 64.0. The number of sulfone groups is 4. The summed E-state index contributed by atoms with van der Waals surface area (Å²) in [6, 6.07) is 10.1. The maximum atomic E-state index is 14.0. The highest BCUT2D eigenvalue weighted by Gasteiger charge is 2.54. The average Bonchev–Trinajstić information content (AvgIpc) is 1.68. The number of aliphatic hydroxyl groups excluding tert-OH is 6. The first-order valence-corrected chi connectivity index (χ1v) is 34.7. The number of benzene rings is 4. The highest BCUT2D eigenvalue weighted by atomic mass is 32.2. The van der Waals surface area contributed by atoms with Crippen LogP contribution in [0.3, 0.4) is 0 Å². The molecule has 15 nitrogen and oxygen atoms in total. The summed E-state index contributed by atoms with van der Waals surface area (Å²) in [5, 5.41) is 58.8. The lowest BCUT2D eigenvalue weighted by molar-refractivity contribution is -0.114. The molecule has 86 heavy (non-hydrogen) atoms. The number of halogens is 9. The molecule has 7 aliphatic rings. The molecule has 0 radical (unpaired) electrons. The second-order valence-electron chi connectivity index (χ2n) is 23.1. The Morgan fingerprint density at radius 1 is 0.442 bits per heavy atom. The Morgan fingerprint density at radius 2 is 0.826 bits per heavy atom. The van der Waals surface area contributed by atoms with E-state index in [9.17, 15) is 109 Å². The second-order valence-corrected chi connectivity index (χ2v) is 31.0. The van der Waals surface area contributed by atoms with Crippen LogP contribution in [0.25, 0.3) is 11.1 Å². The summed E-state index contributed by atoms with van der Waals surface area (Å²) in [6.07, 6.45) is 0.209. The van der Waals surface area contributed by atoms with Crippen LogP contribution in [0.1, 0.15) is 156 Å². The van der Waals surface area contributed by atoms with Crippen LogP contribution in [0.15, 0.2) is 80.3 Å². The summed E-state index contributed by atoms with van der Waals surface area (Å²) in [5.41, 5.74) is 1.96. The standard InChI is InChI=1S/C16H20F2O4S.C16H18F2O4S.C16H16F2O4S.C10H9F3O3S/c3*1-23(21,22)13-6-5-11(9-3-2-4-10(19)7-9)12-8-16(17,18)15(20)14(12)13;1-17(15,16)7-3-2-6(11)5-4-10(12,13)9(14)8(5)7/h5-6,9-10,15,19-20H,2-4,7-8H2,1H3;5-7,10,15,19-20H,2-4,8H2,1H3;5-7,15,20H,2-4,8H2,1H3;2-3,9,14H,4H2,1H3/t9?,10?,15-;10?,15-;15-;9-/m0000/s1. The third kappa shape index (κ3) is 13.4. The molecule has 28 heteroatoms. The van der Waals surface area contributed by atoms with Crippen molar-refractivity contribution in [2.45, 2.75) is 176 Å². The van der Waals surface area contributed by atoms with E-state index >= 15 is 0 Å². The molecule has 0 bridgehead atoms. The number of aliphatic hydroxyl groups is 6. The summed E-state index contributed by atoms with van der Waals surface area (Å²) in [6.45, 7) is 0. The Hall–Kier alpha value is -5.04. The van der Waals surface area contributed by atoms with Crippen molar-refractivity contribution < 1.29 is 109 Å². The van der Waals surface area contributed by atoms with E-state index in [2.05, 4.69) is 0 Å². The molecule has 4 aromatic rings. The minimum Gasteiger partial charge on any atom is -0.393 e. The van der Waals surface area contributed by atoms with Gasteiger partial charge in [-0.2, -0.15) is 0 Å². The van der Waals surface area contributed by atoms with E-state index in [4.69, 9.17) is 0 Å². The Morgan fingerprint density at radius 3 is 1.26 bits per heavy atom. The first-order valence-electron chi connectivity index (χ1n) is 27.1. The number of hydrogen-bond donors (Lipinski definition) is 6. The number of carbonyl (C=O) groups excluding carboxylic acids is 1. The lowest BCUT2D eigenvalue weighted by atomic mass is 9.80. The molecular weight excluding hydrogens is 1240 g/mol. The normalized spacial score (nSPS) is 26.0. The van der Waals surface area contributed by atoms with E-state index in [1.807, 2.05) is 0 Å². The summed E-state index contributed by atoms with van der Waals surface area (Å²) in [7, 11) is -15.0. The molecule has 7 atom stereocenters. The molecular formula is C58H63F9O15S4. The van der Waals surface area contributed by atoms with Crippen LogP contribution in [-0.4, -0.2) is 131 Å². The van der Waals surface area contributed by atoms with Gasteiger partial charge in [0.2, 0.25) is 0 Å². The molecule has 3 unspecified atom stereocenters. The molecule has 472 valence electrons. The number of carbonyl (C=O) groups is 1. The van der Waals surface area contributed by atoms with Crippen molar-refractivity contribution in [3.8, 4) is 0 Å². The van der Waals surface area contributed by atoms with Crippen molar-refractivity contribution >= 4 is 56.3 Å². The Labute approximate surface area is 491 Å². The van der Waals surface area contributed by atoms with Crippen molar-refractivity contribution in [2.24, 2.45) is 0 Å². The SMILES string of the molecule is CS(=O)(=O)c1ccc(C2=CC(=O)CCC2)c2c1[C@H](O)C(F)(F)C2.CS(=O)(=O)c1ccc(C2=CC(O)CCC2)c2c1[C@H](O)C(F)(F)C2.CS(=O)(=O)c1ccc(C2CCCC(O)C2)c2c1[C@H](O)C(F)(F)C2.CS(=O)(=O)c1ccc(F)c2c1[C@H](O)C(F)(F)C2. The van der Waals surface area contributed by atoms with E-state index in [0.717, 1.165) is 62.0 Å². The van der Waals surface area contributed by atoms with Crippen LogP contribution in [0, 0.1) is 5.82 Å². The van der Waals surface area contributed by atoms with Gasteiger partial charge in [0, 0.05) is 84.9 Å². The molecule has 0 heterocycles. The summed E-state index contributed by atoms with van der Waals surface area (Å²) in [5.74, 6) is -14.8. The minimum absolute atomic E-state index is 0.0718. The van der Waals surface area contributed by atoms with Crippen molar-refractivity contribution in [1.29, 1.82) is 0 Å². The molecule has 0 aromatic heterocycles. The molecule has 1 saturated carbocycles. The van der Waals surface area contributed by atoms with E-state index < -0.39 is 147 Å². The third-order valence-corrected chi connectivity index (χ3v) is 21.1. The quantitative estimate of drug-likeness (QED) is 0.0748. The summed E-state index contributed by atoms with van der Waals surface area (Å²) < 4.78 is 218. The van der Waals surface area contributed by atoms with E-state index in [1.54, 1.807) is 12.1 Å². The molecule has 6 N–H and O–H groups in total. The number of ketones is 1. The van der Waals surface area contributed by atoms with Crippen LogP contribution in [0.2, 0.25) is 0 Å². The monoisotopic (exact) mass is 1300 g/mol. The maximum Gasteiger partial charge on any atom is 0.281 e. The Bertz CT molecular complexity index is 3920. The largest absolute Gasteiger partial charge is 0.393 e. The van der Waals surface area contributed by atoms with Crippen LogP contribution >= 0.6 is 0 Å². The molecule has 0 aliphatic heterocycles. The van der Waals surface area contributed by atoms with Gasteiger partial charge in [0.1, 0.15) is 30.2 Å². The fourth-order valence-electron chi connectivity index (χ4n) is 12.5. The highest BCUT2D eigenvalue weighted by molar-refractivity contribution is 7.91. The number of alkyl halides is 8. The van der Waals surface area contributed by atoms with Gasteiger partial charge in [-0.1, -0.05) is 30.7 Å². The first kappa shape index (κ1) is 66.9. The third-order valence-electron chi connectivity index (χ3n) is 16.5. The fourth-order valence-corrected chi connectivity index (χ4v) is 16.3. The second kappa shape index (κ2) is 23.7. The van der Waals surface area contributed by atoms with Gasteiger partial charge in [-0.05, 0) is 138 Å². The smallest absolute Gasteiger partial charge is 0.281 e. The molecule has 0 saturated heterocycles. The lowest BCUT2D eigenvalue weighted by Gasteiger charge is -2.28. The van der Waals surface area contributed by atoms with Gasteiger partial charge in [0.05, 0.1) is 31.8 Å². The van der Waals surface area contributed by atoms with Crippen LogP contribution in [0.5, 0.6) is 0 Å². The van der Waals surface area contributed by atoms with Gasteiger partial charge in [-0.3, -0.25) is 4.79 Å². The zero-order valence-electron chi connectivity index (χ0n) is 46.6. The van der Waals surface area contributed by atoms with Crippen LogP contribution in [-0.2, 0) is 69.8 Å². The fraction of sp³-hybridized carbons (Fsp3) is 0.500. The van der Waals surface area contributed by atoms with Gasteiger partial charge in [0.25, 0.3) is 23.7 Å². The lowest BCUT2D eigenvalue weighted by Crippen LogP contribution is -2.22. The van der Waals surface area contributed by atoms with Crippen molar-refractivity contribution in [3.63, 3.8) is 0 Å². The molecule has 7 aliphatic carbocycles. The van der Waals surface area contributed by atoms with Crippen molar-refractivity contribution in [1.82, 2.24) is 0 Å². The molecule has 11 rings (SSSR count). The summed E-state index contributed by atoms with van der Waals surface area (Å²) in [4.78, 5) is 10.4. The summed E-state index contributed by atoms with van der Waals surface area (Å²) >= 11 is 0. The molecule has 0 spiro atoms. The number of fused-ring (bicyclic) bond motifs is 4. The number of allylic oxidation sites excluding steroid dienone is 3. The maximum absolute atomic E-state index is 14.0. The van der Waals surface area contributed by atoms with Crippen molar-refractivity contribution in [2.75, 3.05) is 25.0 Å². The van der Waals surface area contributed by atoms with Gasteiger partial charge in [-0.25, -0.2) is 73.2 Å². The molecule has 0 amide bonds. The van der Waals surface area contributed by atoms with Crippen LogP contribution in [0.4, 0.5) is 39.5 Å². The Kier molecular flexibility index (Phi) is 18.5. The van der Waals surface area contributed by atoms with Gasteiger partial charge < -0.3 is 30.6 Å². The van der Waals surface area contributed by atoms with Crippen molar-refractivity contribution in [3.05, 3.63) is 128 Å². The first-order chi connectivity index (χ1) is 39.5. The van der Waals surface area contributed by atoms with Gasteiger partial charge in [0.15, 0.2) is 45.1 Å². The average molecular weight is 1300 g/mol. The minimum atomic E-state index is -3.79. The predicted octanol–water partition coefficient (Wildman–Crippen LogP) is 8.48. The number of hydrogen-bond acceptors (Lipinski definition) is 15. The van der Waals surface area contributed by atoms with E-state index in [1.165, 1.54) is 36.4 Å². The highest BCUT2D eigenvalue weighted by Crippen LogP contribution is 2.53. The van der Waals surface area contributed by atoms with Crippen LogP contribution < -0.4 is 0 Å². The van der Waals surface area contributed by atoms with Gasteiger partial charge in [-0.15, -0.1) is 0 Å². The van der Waals surface area contributed by atoms with E-state index in [0.29, 0.717) is 67.2 Å². The Balaban J connectivity index is 0.000000150. The van der Waals surface area contributed by atoms with E-state index in [-0.39, 0.29) is 59.8 Å². The molecule has 1 fully saturated rings. The molecule has 4 aromatic carbocycles. The number of rotatable bonds is 7. The predicted molar refractivity (Wildman–Crippen MR) is 294 cm³/mol.